The van der Waals surface area contributed by atoms with Gasteiger partial charge in [-0.05, 0) is 42.8 Å². The molecule has 0 saturated heterocycles. The van der Waals surface area contributed by atoms with Crippen LogP contribution in [-0.4, -0.2) is 32.6 Å². The SMILES string of the molecule is CCOc1ccccc1NC(=O)/C(=C/c1ccc(OC)c(OC)c1)NC(C)=O. The Morgan fingerprint density at radius 1 is 1.00 bits per heavy atom. The van der Waals surface area contributed by atoms with Crippen molar-refractivity contribution in [3.05, 3.63) is 53.7 Å². The molecule has 0 aliphatic carbocycles. The van der Waals surface area contributed by atoms with E-state index in [1.807, 2.05) is 13.0 Å². The molecule has 2 N–H and O–H groups in total. The van der Waals surface area contributed by atoms with Crippen LogP contribution in [0.25, 0.3) is 6.08 Å². The summed E-state index contributed by atoms with van der Waals surface area (Å²) in [7, 11) is 3.07. The third-order valence-corrected chi connectivity index (χ3v) is 3.71. The first-order chi connectivity index (χ1) is 13.5. The second-order valence-corrected chi connectivity index (χ2v) is 5.74. The van der Waals surface area contributed by atoms with Crippen molar-refractivity contribution in [3.63, 3.8) is 0 Å². The third-order valence-electron chi connectivity index (χ3n) is 3.71. The molecule has 0 spiro atoms. The molecule has 0 aliphatic heterocycles. The summed E-state index contributed by atoms with van der Waals surface area (Å²) in [6.07, 6.45) is 1.56. The monoisotopic (exact) mass is 384 g/mol. The van der Waals surface area contributed by atoms with Crippen LogP contribution in [0.3, 0.4) is 0 Å². The van der Waals surface area contributed by atoms with Crippen molar-refractivity contribution < 1.29 is 23.8 Å². The lowest BCUT2D eigenvalue weighted by Crippen LogP contribution is -2.29. The van der Waals surface area contributed by atoms with Crippen LogP contribution in [0.2, 0.25) is 0 Å². The van der Waals surface area contributed by atoms with E-state index in [9.17, 15) is 9.59 Å². The Morgan fingerprint density at radius 3 is 2.36 bits per heavy atom. The van der Waals surface area contributed by atoms with Gasteiger partial charge < -0.3 is 24.8 Å². The summed E-state index contributed by atoms with van der Waals surface area (Å²) >= 11 is 0. The summed E-state index contributed by atoms with van der Waals surface area (Å²) in [4.78, 5) is 24.4. The predicted octanol–water partition coefficient (Wildman–Crippen LogP) is 3.22. The Hall–Kier alpha value is -3.48. The van der Waals surface area contributed by atoms with Crippen molar-refractivity contribution >= 4 is 23.6 Å². The van der Waals surface area contributed by atoms with E-state index in [-0.39, 0.29) is 11.6 Å². The van der Waals surface area contributed by atoms with Crippen LogP contribution < -0.4 is 24.8 Å². The smallest absolute Gasteiger partial charge is 0.272 e. The van der Waals surface area contributed by atoms with Gasteiger partial charge in [0.2, 0.25) is 5.91 Å². The molecule has 0 atom stereocenters. The Bertz CT molecular complexity index is 877. The van der Waals surface area contributed by atoms with Crippen LogP contribution in [0.1, 0.15) is 19.4 Å². The van der Waals surface area contributed by atoms with Crippen molar-refractivity contribution in [1.82, 2.24) is 5.32 Å². The fraction of sp³-hybridized carbons (Fsp3) is 0.238. The molecule has 0 fully saturated rings. The van der Waals surface area contributed by atoms with Crippen molar-refractivity contribution in [1.29, 1.82) is 0 Å². The molecule has 148 valence electrons. The summed E-state index contributed by atoms with van der Waals surface area (Å²) in [6.45, 7) is 3.66. The fourth-order valence-corrected chi connectivity index (χ4v) is 2.50. The van der Waals surface area contributed by atoms with Crippen LogP contribution in [0.4, 0.5) is 5.69 Å². The zero-order chi connectivity index (χ0) is 20.5. The quantitative estimate of drug-likeness (QED) is 0.683. The summed E-state index contributed by atoms with van der Waals surface area (Å²) in [5.74, 6) is 0.792. The van der Waals surface area contributed by atoms with Crippen LogP contribution in [0.5, 0.6) is 17.2 Å². The standard InChI is InChI=1S/C21H24N2O5/c1-5-28-18-9-7-6-8-16(18)23-21(25)17(22-14(2)24)12-15-10-11-19(26-3)20(13-15)27-4/h6-13H,5H2,1-4H3,(H,22,24)(H,23,25)/b17-12-. The molecule has 2 amide bonds. The number of amides is 2. The topological polar surface area (TPSA) is 85.9 Å². The third kappa shape index (κ3) is 5.51. The molecule has 2 aromatic rings. The highest BCUT2D eigenvalue weighted by Crippen LogP contribution is 2.29. The number of para-hydroxylation sites is 2. The molecule has 7 nitrogen and oxygen atoms in total. The van der Waals surface area contributed by atoms with E-state index in [0.717, 1.165) is 0 Å². The summed E-state index contributed by atoms with van der Waals surface area (Å²) in [6, 6.07) is 12.3. The average Bonchev–Trinajstić information content (AvgIpc) is 2.68. The first-order valence-electron chi connectivity index (χ1n) is 8.73. The van der Waals surface area contributed by atoms with E-state index in [2.05, 4.69) is 10.6 Å². The first-order valence-corrected chi connectivity index (χ1v) is 8.73. The minimum atomic E-state index is -0.475. The first kappa shape index (κ1) is 20.8. The summed E-state index contributed by atoms with van der Waals surface area (Å²) in [5, 5.41) is 5.33. The van der Waals surface area contributed by atoms with Gasteiger partial charge in [0.1, 0.15) is 11.4 Å². The second-order valence-electron chi connectivity index (χ2n) is 5.74. The Kier molecular flexibility index (Phi) is 7.45. The molecule has 0 unspecified atom stereocenters. The number of anilines is 1. The van der Waals surface area contributed by atoms with Crippen LogP contribution in [0.15, 0.2) is 48.2 Å². The van der Waals surface area contributed by atoms with E-state index in [4.69, 9.17) is 14.2 Å². The number of carbonyl (C=O) groups excluding carboxylic acids is 2. The number of carbonyl (C=O) groups is 2. The molecule has 0 heterocycles. The minimum absolute atomic E-state index is 0.0889. The number of rotatable bonds is 8. The lowest BCUT2D eigenvalue weighted by molar-refractivity contribution is -0.120. The van der Waals surface area contributed by atoms with Gasteiger partial charge in [-0.25, -0.2) is 0 Å². The van der Waals surface area contributed by atoms with Crippen molar-refractivity contribution in [3.8, 4) is 17.2 Å². The van der Waals surface area contributed by atoms with Crippen molar-refractivity contribution in [2.75, 3.05) is 26.1 Å². The lowest BCUT2D eigenvalue weighted by atomic mass is 10.1. The van der Waals surface area contributed by atoms with E-state index in [1.165, 1.54) is 14.0 Å². The fourth-order valence-electron chi connectivity index (χ4n) is 2.50. The van der Waals surface area contributed by atoms with E-state index >= 15 is 0 Å². The largest absolute Gasteiger partial charge is 0.493 e. The van der Waals surface area contributed by atoms with Gasteiger partial charge in [0.15, 0.2) is 11.5 Å². The van der Waals surface area contributed by atoms with Crippen LogP contribution in [-0.2, 0) is 9.59 Å². The molecule has 0 aliphatic rings. The van der Waals surface area contributed by atoms with Crippen LogP contribution in [0, 0.1) is 0 Å². The highest BCUT2D eigenvalue weighted by molar-refractivity contribution is 6.09. The lowest BCUT2D eigenvalue weighted by Gasteiger charge is -2.13. The number of methoxy groups -OCH3 is 2. The average molecular weight is 384 g/mol. The molecule has 7 heteroatoms. The summed E-state index contributed by atoms with van der Waals surface area (Å²) < 4.78 is 16.0. The van der Waals surface area contributed by atoms with Gasteiger partial charge in [-0.1, -0.05) is 18.2 Å². The molecular formula is C21H24N2O5. The van der Waals surface area contributed by atoms with Crippen molar-refractivity contribution in [2.45, 2.75) is 13.8 Å². The van der Waals surface area contributed by atoms with Gasteiger partial charge >= 0.3 is 0 Å². The Labute approximate surface area is 164 Å². The van der Waals surface area contributed by atoms with Gasteiger partial charge in [-0.2, -0.15) is 0 Å². The van der Waals surface area contributed by atoms with Gasteiger partial charge in [0.25, 0.3) is 5.91 Å². The zero-order valence-corrected chi connectivity index (χ0v) is 16.4. The van der Waals surface area contributed by atoms with Gasteiger partial charge in [-0.15, -0.1) is 0 Å². The molecule has 28 heavy (non-hydrogen) atoms. The molecule has 0 bridgehead atoms. The highest BCUT2D eigenvalue weighted by atomic mass is 16.5. The van der Waals surface area contributed by atoms with Crippen LogP contribution >= 0.6 is 0 Å². The highest BCUT2D eigenvalue weighted by Gasteiger charge is 2.14. The van der Waals surface area contributed by atoms with Gasteiger partial charge in [-0.3, -0.25) is 9.59 Å². The van der Waals surface area contributed by atoms with E-state index in [1.54, 1.807) is 49.6 Å². The molecule has 0 saturated carbocycles. The maximum atomic E-state index is 12.8. The molecule has 2 aromatic carbocycles. The van der Waals surface area contributed by atoms with Gasteiger partial charge in [0.05, 0.1) is 26.5 Å². The van der Waals surface area contributed by atoms with E-state index in [0.29, 0.717) is 35.1 Å². The normalized spacial score (nSPS) is 10.8. The predicted molar refractivity (Wildman–Crippen MR) is 108 cm³/mol. The maximum absolute atomic E-state index is 12.8. The number of nitrogens with one attached hydrogen (secondary N) is 2. The minimum Gasteiger partial charge on any atom is -0.493 e. The summed E-state index contributed by atoms with van der Waals surface area (Å²) in [5.41, 5.74) is 1.26. The Balaban J connectivity index is 2.34. The Morgan fingerprint density at radius 2 is 1.71 bits per heavy atom. The molecule has 0 radical (unpaired) electrons. The number of ether oxygens (including phenoxy) is 3. The maximum Gasteiger partial charge on any atom is 0.272 e. The molecular weight excluding hydrogens is 360 g/mol. The second kappa shape index (κ2) is 10.0. The van der Waals surface area contributed by atoms with E-state index < -0.39 is 5.91 Å². The molecule has 2 rings (SSSR count). The number of hydrogen-bond donors (Lipinski definition) is 2. The number of benzene rings is 2. The number of hydrogen-bond acceptors (Lipinski definition) is 5. The van der Waals surface area contributed by atoms with Crippen molar-refractivity contribution in [2.24, 2.45) is 0 Å². The zero-order valence-electron chi connectivity index (χ0n) is 16.4. The van der Waals surface area contributed by atoms with Gasteiger partial charge in [0, 0.05) is 6.92 Å². The molecule has 0 aromatic heterocycles.